The number of primary amides is 2. The van der Waals surface area contributed by atoms with E-state index in [1.807, 2.05) is 0 Å². The number of carboxylic acids is 3. The number of aliphatic carboxylic acids is 3. The SMILES string of the molecule is C#CCOc1ccc(C(C)=O)cc1C(=O)NCCCC[C@H](NC(=O)[C@H](CC(C)C)NC(=O)[C@H](Cc1ccccc1)NC(=O)[C@H](Cc1ccccc1)NC(=O)[C@H](CCC(=O)O)NC(=O)[C@H](CC(N)=O)NC(=O)[C@H](CC(=O)O)NC(=O)[C@@H](N)CCC(=O)O)C(N)=O. The Morgan fingerprint density at radius 3 is 1.49 bits per heavy atom. The summed E-state index contributed by atoms with van der Waals surface area (Å²) in [6.07, 6.45) is 0.870. The molecule has 0 unspecified atom stereocenters. The van der Waals surface area contributed by atoms with Crippen LogP contribution in [0.4, 0.5) is 0 Å². The van der Waals surface area contributed by atoms with E-state index in [0.717, 1.165) is 0 Å². The average molecular weight is 1240 g/mol. The predicted octanol–water partition coefficient (Wildman–Crippen LogP) is -1.38. The zero-order chi connectivity index (χ0) is 66.3. The summed E-state index contributed by atoms with van der Waals surface area (Å²) in [5.74, 6) is -12.9. The van der Waals surface area contributed by atoms with Crippen molar-refractivity contribution in [1.82, 2.24) is 42.5 Å². The Bertz CT molecular complexity index is 3060. The van der Waals surface area contributed by atoms with Crippen molar-refractivity contribution in [2.24, 2.45) is 23.1 Å². The summed E-state index contributed by atoms with van der Waals surface area (Å²) in [4.78, 5) is 183. The van der Waals surface area contributed by atoms with Crippen molar-refractivity contribution in [3.63, 3.8) is 0 Å². The van der Waals surface area contributed by atoms with Gasteiger partial charge in [-0.2, -0.15) is 0 Å². The molecule has 29 nitrogen and oxygen atoms in total. The van der Waals surface area contributed by atoms with Gasteiger partial charge in [0, 0.05) is 37.8 Å². The highest BCUT2D eigenvalue weighted by molar-refractivity contribution is 6.02. The summed E-state index contributed by atoms with van der Waals surface area (Å²) in [7, 11) is 0. The summed E-state index contributed by atoms with van der Waals surface area (Å²) in [5, 5.41) is 47.7. The molecule has 3 rings (SSSR count). The number of rotatable bonds is 40. The number of carbonyl (C=O) groups excluding carboxylic acids is 11. The summed E-state index contributed by atoms with van der Waals surface area (Å²) in [5.41, 5.74) is 18.2. The van der Waals surface area contributed by atoms with E-state index < -0.39 is 164 Å². The van der Waals surface area contributed by atoms with Crippen molar-refractivity contribution in [3.05, 3.63) is 101 Å². The predicted molar refractivity (Wildman–Crippen MR) is 317 cm³/mol. The van der Waals surface area contributed by atoms with Crippen molar-refractivity contribution in [2.75, 3.05) is 13.2 Å². The largest absolute Gasteiger partial charge is 0.481 e. The Hall–Kier alpha value is -10.2. The third-order valence-corrected chi connectivity index (χ3v) is 13.3. The highest BCUT2D eigenvalue weighted by Gasteiger charge is 2.36. The molecule has 0 radical (unpaired) electrons. The molecular formula is C60H77N11O18. The van der Waals surface area contributed by atoms with Crippen LogP contribution >= 0.6 is 0 Å². The second-order valence-electron chi connectivity index (χ2n) is 21.1. The second kappa shape index (κ2) is 37.3. The van der Waals surface area contributed by atoms with E-state index in [0.29, 0.717) is 17.5 Å². The van der Waals surface area contributed by atoms with Crippen LogP contribution < -0.4 is 64.5 Å². The fraction of sp³-hybridized carbons (Fsp3) is 0.433. The Balaban J connectivity index is 1.90. The van der Waals surface area contributed by atoms with Gasteiger partial charge in [0.2, 0.25) is 53.2 Å². The molecule has 8 atom stereocenters. The van der Waals surface area contributed by atoms with Gasteiger partial charge in [0.15, 0.2) is 5.78 Å². The van der Waals surface area contributed by atoms with Crippen LogP contribution in [-0.4, -0.2) is 160 Å². The molecule has 480 valence electrons. The molecule has 0 saturated heterocycles. The molecule has 0 bridgehead atoms. The first-order valence-corrected chi connectivity index (χ1v) is 28.3. The number of hydrogen-bond acceptors (Lipinski definition) is 16. The van der Waals surface area contributed by atoms with Gasteiger partial charge in [0.05, 0.1) is 24.4 Å². The number of carbonyl (C=O) groups is 14. The lowest BCUT2D eigenvalue weighted by molar-refractivity contribution is -0.142. The highest BCUT2D eigenvalue weighted by Crippen LogP contribution is 2.21. The number of unbranched alkanes of at least 4 members (excludes halogenated alkanes) is 1. The van der Waals surface area contributed by atoms with Crippen LogP contribution in [0.25, 0.3) is 0 Å². The van der Waals surface area contributed by atoms with Crippen LogP contribution in [0, 0.1) is 18.3 Å². The quantitative estimate of drug-likeness (QED) is 0.0177. The van der Waals surface area contributed by atoms with Crippen LogP contribution in [-0.2, 0) is 70.4 Å². The number of hydrogen-bond donors (Lipinski definition) is 14. The van der Waals surface area contributed by atoms with E-state index in [1.165, 1.54) is 25.1 Å². The summed E-state index contributed by atoms with van der Waals surface area (Å²) < 4.78 is 5.48. The van der Waals surface area contributed by atoms with Crippen LogP contribution in [0.15, 0.2) is 78.9 Å². The van der Waals surface area contributed by atoms with E-state index in [-0.39, 0.29) is 73.8 Å². The van der Waals surface area contributed by atoms with Gasteiger partial charge in [-0.15, -0.1) is 6.42 Å². The van der Waals surface area contributed by atoms with E-state index >= 15 is 0 Å². The van der Waals surface area contributed by atoms with Crippen molar-refractivity contribution in [3.8, 4) is 18.1 Å². The van der Waals surface area contributed by atoms with Gasteiger partial charge in [-0.05, 0) is 80.7 Å². The molecule has 0 saturated carbocycles. The normalized spacial score (nSPS) is 13.5. The Labute approximate surface area is 512 Å². The second-order valence-corrected chi connectivity index (χ2v) is 21.1. The maximum Gasteiger partial charge on any atom is 0.305 e. The zero-order valence-corrected chi connectivity index (χ0v) is 49.4. The minimum Gasteiger partial charge on any atom is -0.481 e. The maximum atomic E-state index is 14.7. The topological polar surface area (TPSA) is 483 Å². The molecule has 3 aromatic carbocycles. The van der Waals surface area contributed by atoms with E-state index in [9.17, 15) is 77.3 Å². The van der Waals surface area contributed by atoms with Crippen molar-refractivity contribution < 1.29 is 87.2 Å². The van der Waals surface area contributed by atoms with E-state index in [4.69, 9.17) is 33.5 Å². The lowest BCUT2D eigenvalue weighted by atomic mass is 9.99. The summed E-state index contributed by atoms with van der Waals surface area (Å²) in [6, 6.07) is 7.73. The molecule has 17 N–H and O–H groups in total. The van der Waals surface area contributed by atoms with Crippen LogP contribution in [0.5, 0.6) is 5.75 Å². The molecule has 29 heteroatoms. The summed E-state index contributed by atoms with van der Waals surface area (Å²) in [6.45, 7) is 4.83. The smallest absolute Gasteiger partial charge is 0.305 e. The Kier molecular flexibility index (Phi) is 30.6. The Morgan fingerprint density at radius 1 is 0.539 bits per heavy atom. The van der Waals surface area contributed by atoms with Gasteiger partial charge in [-0.1, -0.05) is 80.4 Å². The first kappa shape index (κ1) is 73.0. The lowest BCUT2D eigenvalue weighted by Crippen LogP contribution is -2.61. The Morgan fingerprint density at radius 2 is 1.00 bits per heavy atom. The highest BCUT2D eigenvalue weighted by atomic mass is 16.5. The minimum atomic E-state index is -2.01. The van der Waals surface area contributed by atoms with Gasteiger partial charge < -0.3 is 79.8 Å². The number of benzene rings is 3. The van der Waals surface area contributed by atoms with E-state index in [1.54, 1.807) is 74.5 Å². The van der Waals surface area contributed by atoms with Gasteiger partial charge in [-0.25, -0.2) is 0 Å². The number of terminal acetylenes is 1. The number of nitrogens with one attached hydrogen (secondary N) is 8. The fourth-order valence-electron chi connectivity index (χ4n) is 8.70. The van der Waals surface area contributed by atoms with Crippen molar-refractivity contribution in [2.45, 2.75) is 146 Å². The average Bonchev–Trinajstić information content (AvgIpc) is 3.68. The number of Topliss-reactive ketones (excluding diaryl/α,β-unsaturated/α-hetero) is 1. The first-order chi connectivity index (χ1) is 42.1. The van der Waals surface area contributed by atoms with Crippen molar-refractivity contribution in [1.29, 1.82) is 0 Å². The molecule has 3 aromatic rings. The van der Waals surface area contributed by atoms with Crippen molar-refractivity contribution >= 4 is 82.8 Å². The van der Waals surface area contributed by atoms with Gasteiger partial charge >= 0.3 is 17.9 Å². The van der Waals surface area contributed by atoms with Gasteiger partial charge in [-0.3, -0.25) is 67.1 Å². The standard InChI is InChI=1S/C60H77N11O18/c1-5-26-89-47-22-19-37(34(4)72)30-38(47)53(81)64-25-13-12-18-40(52(63)80)65-56(84)42(27-33(2)3)68-57(85)44(29-36-16-10-7-11-17-36)70-58(86)43(28-35-14-8-6-9-15-35)69-55(83)41(21-24-50(76)77)66-59(87)45(31-48(62)73)71-60(88)46(32-51(78)79)67-54(82)39(61)20-23-49(74)75/h1,6-11,14-17,19,22,30,33,39-46H,12-13,18,20-21,23-29,31-32,61H2,2-4H3,(H2,62,73)(H2,63,80)(H,64,81)(H,65,84)(H,66,87)(H,67,82)(H,68,85)(H,69,83)(H,70,86)(H,71,88)(H,74,75)(H,76,77)(H,78,79)/t39-,40-,41-,42-,43-,44-,45-,46-/m0/s1. The number of nitrogens with two attached hydrogens (primary N) is 3. The van der Waals surface area contributed by atoms with Gasteiger partial charge in [0.25, 0.3) is 5.91 Å². The molecule has 10 amide bonds. The van der Waals surface area contributed by atoms with Gasteiger partial charge in [0.1, 0.15) is 54.6 Å². The fourth-order valence-corrected chi connectivity index (χ4v) is 8.70. The summed E-state index contributed by atoms with van der Waals surface area (Å²) >= 11 is 0. The molecule has 0 heterocycles. The molecule has 0 spiro atoms. The molecule has 0 aliphatic rings. The lowest BCUT2D eigenvalue weighted by Gasteiger charge is -2.28. The molecule has 0 aromatic heterocycles. The molecule has 0 aliphatic heterocycles. The molecular weight excluding hydrogens is 1160 g/mol. The van der Waals surface area contributed by atoms with Crippen LogP contribution in [0.2, 0.25) is 0 Å². The van der Waals surface area contributed by atoms with Crippen LogP contribution in [0.3, 0.4) is 0 Å². The zero-order valence-electron chi connectivity index (χ0n) is 49.4. The third kappa shape index (κ3) is 26.9. The number of ether oxygens (including phenoxy) is 1. The monoisotopic (exact) mass is 1240 g/mol. The third-order valence-electron chi connectivity index (χ3n) is 13.3. The number of ketones is 1. The molecule has 89 heavy (non-hydrogen) atoms. The first-order valence-electron chi connectivity index (χ1n) is 28.3. The van der Waals surface area contributed by atoms with E-state index in [2.05, 4.69) is 48.5 Å². The maximum absolute atomic E-state index is 14.7. The number of amides is 10. The number of carboxylic acid groups (broad SMARTS) is 3. The molecule has 0 aliphatic carbocycles. The minimum absolute atomic E-state index is 0.00793. The molecule has 0 fully saturated rings. The van der Waals surface area contributed by atoms with Crippen LogP contribution in [0.1, 0.15) is 117 Å².